The molecule has 1 N–H and O–H groups in total. The minimum absolute atomic E-state index is 0.0982. The van der Waals surface area contributed by atoms with E-state index >= 15 is 0 Å². The Morgan fingerprint density at radius 2 is 2.26 bits per heavy atom. The molecule has 1 aliphatic rings. The second-order valence-electron chi connectivity index (χ2n) is 5.78. The number of rotatable bonds is 6. The maximum Gasteiger partial charge on any atom is 0.230 e. The lowest BCUT2D eigenvalue weighted by Gasteiger charge is -2.18. The van der Waals surface area contributed by atoms with E-state index < -0.39 is 0 Å². The van der Waals surface area contributed by atoms with Crippen molar-refractivity contribution < 1.29 is 4.79 Å². The summed E-state index contributed by atoms with van der Waals surface area (Å²) in [6.45, 7) is 4.82. The van der Waals surface area contributed by atoms with Crippen molar-refractivity contribution in [3.05, 3.63) is 41.4 Å². The van der Waals surface area contributed by atoms with Gasteiger partial charge in [-0.25, -0.2) is 4.98 Å². The van der Waals surface area contributed by atoms with E-state index in [9.17, 15) is 4.79 Å². The molecule has 1 aromatic heterocycles. The average Bonchev–Trinajstić information content (AvgIpc) is 3.21. The maximum atomic E-state index is 12.0. The van der Waals surface area contributed by atoms with Crippen LogP contribution in [0.15, 0.2) is 40.1 Å². The van der Waals surface area contributed by atoms with Gasteiger partial charge in [-0.1, -0.05) is 30.0 Å². The molecule has 1 amide bonds. The summed E-state index contributed by atoms with van der Waals surface area (Å²) < 4.78 is 0.966. The van der Waals surface area contributed by atoms with Crippen LogP contribution in [-0.2, 0) is 4.79 Å². The van der Waals surface area contributed by atoms with E-state index in [0.717, 1.165) is 36.1 Å². The number of carbonyl (C=O) groups is 1. The minimum Gasteiger partial charge on any atom is -0.371 e. The second-order valence-corrected chi connectivity index (χ2v) is 7.86. The van der Waals surface area contributed by atoms with Gasteiger partial charge in [0.25, 0.3) is 0 Å². The highest BCUT2D eigenvalue weighted by atomic mass is 32.2. The molecule has 0 saturated carbocycles. The Hall–Kier alpha value is -1.53. The number of hydrogen-bond donors (Lipinski definition) is 1. The van der Waals surface area contributed by atoms with Gasteiger partial charge in [-0.3, -0.25) is 4.79 Å². The molecule has 2 aromatic rings. The number of benzene rings is 1. The van der Waals surface area contributed by atoms with E-state index in [0.29, 0.717) is 11.7 Å². The number of carbonyl (C=O) groups excluding carboxylic acids is 1. The van der Waals surface area contributed by atoms with Crippen molar-refractivity contribution >= 4 is 34.7 Å². The highest BCUT2D eigenvalue weighted by Gasteiger charge is 2.22. The van der Waals surface area contributed by atoms with Crippen LogP contribution in [0.3, 0.4) is 0 Å². The smallest absolute Gasteiger partial charge is 0.230 e. The quantitative estimate of drug-likeness (QED) is 0.815. The number of thioether (sulfide) groups is 1. The number of nitrogens with one attached hydrogen (secondary N) is 1. The molecule has 0 aliphatic carbocycles. The molecule has 1 saturated heterocycles. The summed E-state index contributed by atoms with van der Waals surface area (Å²) in [5.74, 6) is 1.08. The Kier molecular flexibility index (Phi) is 5.56. The lowest BCUT2D eigenvalue weighted by molar-refractivity contribution is -0.118. The molecule has 1 aliphatic heterocycles. The summed E-state index contributed by atoms with van der Waals surface area (Å²) >= 11 is 3.11. The fourth-order valence-corrected chi connectivity index (χ4v) is 4.39. The summed E-state index contributed by atoms with van der Waals surface area (Å²) in [7, 11) is 0. The van der Waals surface area contributed by atoms with Gasteiger partial charge in [0.05, 0.1) is 5.75 Å². The van der Waals surface area contributed by atoms with Crippen molar-refractivity contribution in [3.8, 4) is 0 Å². The number of nitrogens with zero attached hydrogens (tertiary/aromatic N) is 2. The molecule has 4 nitrogen and oxygen atoms in total. The zero-order chi connectivity index (χ0) is 16.1. The Bertz CT molecular complexity index is 644. The Labute approximate surface area is 145 Å². The monoisotopic (exact) mass is 347 g/mol. The van der Waals surface area contributed by atoms with Crippen LogP contribution in [0.25, 0.3) is 0 Å². The third-order valence-electron chi connectivity index (χ3n) is 3.92. The van der Waals surface area contributed by atoms with Gasteiger partial charge >= 0.3 is 0 Å². The molecule has 122 valence electrons. The molecule has 0 bridgehead atoms. The third-order valence-corrected chi connectivity index (χ3v) is 6.06. The van der Waals surface area contributed by atoms with Crippen LogP contribution in [0.4, 0.5) is 5.69 Å². The fourth-order valence-electron chi connectivity index (χ4n) is 2.71. The largest absolute Gasteiger partial charge is 0.371 e. The number of para-hydroxylation sites is 1. The Morgan fingerprint density at radius 3 is 3.00 bits per heavy atom. The molecule has 1 aromatic carbocycles. The minimum atomic E-state index is 0.0982. The first-order valence-corrected chi connectivity index (χ1v) is 9.69. The first-order valence-electron chi connectivity index (χ1n) is 7.82. The summed E-state index contributed by atoms with van der Waals surface area (Å²) in [6, 6.07) is 10.5. The standard InChI is InChI=1S/C17H21N3OS2/c1-13-11-22-17(19-13)23-12-16(21)18-9-14-7-8-20(10-14)15-5-3-2-4-6-15/h2-6,11,14H,7-10,12H2,1H3,(H,18,21). The SMILES string of the molecule is Cc1csc(SCC(=O)NCC2CCN(c3ccccc3)C2)n1. The topological polar surface area (TPSA) is 45.2 Å². The third kappa shape index (κ3) is 4.72. The fraction of sp³-hybridized carbons (Fsp3) is 0.412. The van der Waals surface area contributed by atoms with Gasteiger partial charge in [0, 0.05) is 36.4 Å². The van der Waals surface area contributed by atoms with E-state index in [1.165, 1.54) is 17.4 Å². The van der Waals surface area contributed by atoms with Crippen LogP contribution in [-0.4, -0.2) is 36.3 Å². The molecule has 2 heterocycles. The van der Waals surface area contributed by atoms with Crippen molar-refractivity contribution in [1.29, 1.82) is 0 Å². The van der Waals surface area contributed by atoms with Crippen molar-refractivity contribution in [3.63, 3.8) is 0 Å². The van der Waals surface area contributed by atoms with E-state index in [4.69, 9.17) is 0 Å². The normalized spacial score (nSPS) is 17.4. The zero-order valence-electron chi connectivity index (χ0n) is 13.2. The first-order chi connectivity index (χ1) is 11.2. The molecule has 1 fully saturated rings. The molecule has 6 heteroatoms. The number of aryl methyl sites for hydroxylation is 1. The van der Waals surface area contributed by atoms with Crippen LogP contribution in [0.1, 0.15) is 12.1 Å². The molecular weight excluding hydrogens is 326 g/mol. The van der Waals surface area contributed by atoms with Gasteiger partial charge in [-0.15, -0.1) is 11.3 Å². The molecule has 3 rings (SSSR count). The van der Waals surface area contributed by atoms with Gasteiger partial charge in [0.15, 0.2) is 4.34 Å². The van der Waals surface area contributed by atoms with Gasteiger partial charge in [0.2, 0.25) is 5.91 Å². The average molecular weight is 348 g/mol. The highest BCUT2D eigenvalue weighted by molar-refractivity contribution is 8.01. The predicted molar refractivity (Wildman–Crippen MR) is 97.3 cm³/mol. The molecular formula is C17H21N3OS2. The van der Waals surface area contributed by atoms with Gasteiger partial charge < -0.3 is 10.2 Å². The van der Waals surface area contributed by atoms with Gasteiger partial charge in [-0.05, 0) is 31.4 Å². The van der Waals surface area contributed by atoms with Crippen molar-refractivity contribution in [2.24, 2.45) is 5.92 Å². The van der Waals surface area contributed by atoms with Gasteiger partial charge in [0.1, 0.15) is 0 Å². The van der Waals surface area contributed by atoms with Crippen LogP contribution < -0.4 is 10.2 Å². The van der Waals surface area contributed by atoms with Crippen LogP contribution in [0.5, 0.6) is 0 Å². The number of amides is 1. The van der Waals surface area contributed by atoms with E-state index in [2.05, 4.69) is 39.5 Å². The molecule has 1 atom stereocenters. The zero-order valence-corrected chi connectivity index (χ0v) is 14.8. The van der Waals surface area contributed by atoms with Crippen molar-refractivity contribution in [1.82, 2.24) is 10.3 Å². The van der Waals surface area contributed by atoms with E-state index in [-0.39, 0.29) is 5.91 Å². The Balaban J connectivity index is 1.38. The lowest BCUT2D eigenvalue weighted by Crippen LogP contribution is -2.32. The molecule has 23 heavy (non-hydrogen) atoms. The first kappa shape index (κ1) is 16.3. The molecule has 1 unspecified atom stereocenters. The second kappa shape index (κ2) is 7.84. The lowest BCUT2D eigenvalue weighted by atomic mass is 10.1. The number of hydrogen-bond acceptors (Lipinski definition) is 5. The molecule has 0 spiro atoms. The Morgan fingerprint density at radius 1 is 1.43 bits per heavy atom. The van der Waals surface area contributed by atoms with Crippen LogP contribution in [0.2, 0.25) is 0 Å². The predicted octanol–water partition coefficient (Wildman–Crippen LogP) is 3.19. The van der Waals surface area contributed by atoms with Crippen molar-refractivity contribution in [2.45, 2.75) is 17.7 Å². The van der Waals surface area contributed by atoms with Gasteiger partial charge in [-0.2, -0.15) is 0 Å². The van der Waals surface area contributed by atoms with Crippen LogP contribution in [0, 0.1) is 12.8 Å². The summed E-state index contributed by atoms with van der Waals surface area (Å²) in [6.07, 6.45) is 1.13. The number of aromatic nitrogens is 1. The van der Waals surface area contributed by atoms with Crippen molar-refractivity contribution in [2.75, 3.05) is 30.3 Å². The number of thiazole rings is 1. The molecule has 0 radical (unpaired) electrons. The summed E-state index contributed by atoms with van der Waals surface area (Å²) in [5.41, 5.74) is 2.29. The van der Waals surface area contributed by atoms with E-state index in [1.54, 1.807) is 11.3 Å². The summed E-state index contributed by atoms with van der Waals surface area (Å²) in [4.78, 5) is 18.7. The maximum absolute atomic E-state index is 12.0. The van der Waals surface area contributed by atoms with Crippen LogP contribution >= 0.6 is 23.1 Å². The van der Waals surface area contributed by atoms with E-state index in [1.807, 2.05) is 18.4 Å². The number of anilines is 1. The summed E-state index contributed by atoms with van der Waals surface area (Å²) in [5, 5.41) is 5.07. The highest BCUT2D eigenvalue weighted by Crippen LogP contribution is 2.24.